The van der Waals surface area contributed by atoms with Crippen LogP contribution in [0.1, 0.15) is 49.5 Å². The van der Waals surface area contributed by atoms with Gasteiger partial charge in [-0.05, 0) is 55.7 Å². The van der Waals surface area contributed by atoms with Crippen molar-refractivity contribution in [2.75, 3.05) is 25.5 Å². The Labute approximate surface area is 185 Å². The molecule has 0 atom stereocenters. The number of rotatable bonds is 5. The molecule has 2 amide bonds. The fourth-order valence-electron chi connectivity index (χ4n) is 3.66. The molecule has 1 aliphatic heterocycles. The SMILES string of the molecule is COc1ccc(NC(=O)c2nnc(C3CCN(C(=O)c4ccccc4C)CC3)s2)cc1. The molecule has 31 heavy (non-hydrogen) atoms. The first-order chi connectivity index (χ1) is 15.0. The van der Waals surface area contributed by atoms with Gasteiger partial charge in [0.15, 0.2) is 0 Å². The van der Waals surface area contributed by atoms with Gasteiger partial charge in [0.25, 0.3) is 11.8 Å². The van der Waals surface area contributed by atoms with Gasteiger partial charge in [-0.3, -0.25) is 9.59 Å². The van der Waals surface area contributed by atoms with Crippen LogP contribution in [0.25, 0.3) is 0 Å². The quantitative estimate of drug-likeness (QED) is 0.650. The van der Waals surface area contributed by atoms with E-state index in [1.54, 1.807) is 31.4 Å². The number of aryl methyl sites for hydroxylation is 1. The molecule has 8 heteroatoms. The van der Waals surface area contributed by atoms with E-state index in [1.165, 1.54) is 11.3 Å². The van der Waals surface area contributed by atoms with Crippen molar-refractivity contribution in [1.29, 1.82) is 0 Å². The lowest BCUT2D eigenvalue weighted by molar-refractivity contribution is 0.0712. The van der Waals surface area contributed by atoms with E-state index in [0.29, 0.717) is 23.8 Å². The second-order valence-electron chi connectivity index (χ2n) is 7.51. The van der Waals surface area contributed by atoms with Crippen molar-refractivity contribution in [3.8, 4) is 5.75 Å². The predicted octanol–water partition coefficient (Wildman–Crippen LogP) is 4.13. The monoisotopic (exact) mass is 436 g/mol. The molecule has 160 valence electrons. The number of aromatic nitrogens is 2. The summed E-state index contributed by atoms with van der Waals surface area (Å²) in [5.41, 5.74) is 2.42. The number of carbonyl (C=O) groups excluding carboxylic acids is 2. The summed E-state index contributed by atoms with van der Waals surface area (Å²) in [6, 6.07) is 14.8. The average molecular weight is 437 g/mol. The molecule has 0 unspecified atom stereocenters. The number of benzene rings is 2. The highest BCUT2D eigenvalue weighted by atomic mass is 32.1. The summed E-state index contributed by atoms with van der Waals surface area (Å²) in [5, 5.41) is 12.4. The van der Waals surface area contributed by atoms with Gasteiger partial charge >= 0.3 is 0 Å². The van der Waals surface area contributed by atoms with E-state index in [1.807, 2.05) is 36.1 Å². The lowest BCUT2D eigenvalue weighted by atomic mass is 9.96. The summed E-state index contributed by atoms with van der Waals surface area (Å²) in [4.78, 5) is 27.2. The Morgan fingerprint density at radius 3 is 2.45 bits per heavy atom. The summed E-state index contributed by atoms with van der Waals surface area (Å²) in [6.07, 6.45) is 1.62. The maximum absolute atomic E-state index is 12.8. The zero-order chi connectivity index (χ0) is 21.8. The van der Waals surface area contributed by atoms with Crippen molar-refractivity contribution >= 4 is 28.8 Å². The molecule has 0 spiro atoms. The Morgan fingerprint density at radius 1 is 1.06 bits per heavy atom. The first kappa shape index (κ1) is 21.0. The third-order valence-corrected chi connectivity index (χ3v) is 6.57. The summed E-state index contributed by atoms with van der Waals surface area (Å²) in [6.45, 7) is 3.30. The zero-order valence-corrected chi connectivity index (χ0v) is 18.3. The van der Waals surface area contributed by atoms with E-state index in [2.05, 4.69) is 15.5 Å². The Kier molecular flexibility index (Phi) is 6.27. The van der Waals surface area contributed by atoms with Gasteiger partial charge in [-0.2, -0.15) is 0 Å². The molecule has 1 aliphatic rings. The predicted molar refractivity (Wildman–Crippen MR) is 120 cm³/mol. The van der Waals surface area contributed by atoms with Crippen LogP contribution in [-0.2, 0) is 0 Å². The molecular weight excluding hydrogens is 412 g/mol. The summed E-state index contributed by atoms with van der Waals surface area (Å²) in [5.74, 6) is 0.735. The number of hydrogen-bond donors (Lipinski definition) is 1. The van der Waals surface area contributed by atoms with Crippen molar-refractivity contribution in [3.63, 3.8) is 0 Å². The van der Waals surface area contributed by atoms with Gasteiger partial charge in [0.1, 0.15) is 10.8 Å². The first-order valence-electron chi connectivity index (χ1n) is 10.2. The number of ether oxygens (including phenoxy) is 1. The van der Waals surface area contributed by atoms with Crippen molar-refractivity contribution < 1.29 is 14.3 Å². The van der Waals surface area contributed by atoms with Gasteiger partial charge < -0.3 is 15.0 Å². The van der Waals surface area contributed by atoms with Crippen molar-refractivity contribution in [3.05, 3.63) is 69.7 Å². The van der Waals surface area contributed by atoms with Crippen LogP contribution in [0.3, 0.4) is 0 Å². The molecule has 1 aromatic heterocycles. The van der Waals surface area contributed by atoms with Crippen LogP contribution in [0.5, 0.6) is 5.75 Å². The zero-order valence-electron chi connectivity index (χ0n) is 17.5. The van der Waals surface area contributed by atoms with Crippen LogP contribution in [0.15, 0.2) is 48.5 Å². The van der Waals surface area contributed by atoms with Gasteiger partial charge in [-0.1, -0.05) is 29.5 Å². The van der Waals surface area contributed by atoms with E-state index < -0.39 is 0 Å². The summed E-state index contributed by atoms with van der Waals surface area (Å²) < 4.78 is 5.12. The molecule has 2 heterocycles. The lowest BCUT2D eigenvalue weighted by Gasteiger charge is -2.31. The lowest BCUT2D eigenvalue weighted by Crippen LogP contribution is -2.38. The largest absolute Gasteiger partial charge is 0.497 e. The highest BCUT2D eigenvalue weighted by molar-refractivity contribution is 7.13. The number of methoxy groups -OCH3 is 1. The highest BCUT2D eigenvalue weighted by Gasteiger charge is 2.28. The maximum Gasteiger partial charge on any atom is 0.286 e. The number of nitrogens with zero attached hydrogens (tertiary/aromatic N) is 3. The second-order valence-corrected chi connectivity index (χ2v) is 8.52. The van der Waals surface area contributed by atoms with Gasteiger partial charge in [-0.15, -0.1) is 10.2 Å². The minimum Gasteiger partial charge on any atom is -0.497 e. The molecule has 0 aliphatic carbocycles. The third kappa shape index (κ3) is 4.74. The number of carbonyl (C=O) groups is 2. The van der Waals surface area contributed by atoms with Crippen molar-refractivity contribution in [2.24, 2.45) is 0 Å². The van der Waals surface area contributed by atoms with Crippen LogP contribution >= 0.6 is 11.3 Å². The van der Waals surface area contributed by atoms with Gasteiger partial charge in [0.05, 0.1) is 7.11 Å². The Morgan fingerprint density at radius 2 is 1.77 bits per heavy atom. The number of likely N-dealkylation sites (tertiary alicyclic amines) is 1. The number of hydrogen-bond acceptors (Lipinski definition) is 6. The fourth-order valence-corrected chi connectivity index (χ4v) is 4.57. The highest BCUT2D eigenvalue weighted by Crippen LogP contribution is 2.31. The summed E-state index contributed by atoms with van der Waals surface area (Å²) in [7, 11) is 1.60. The van der Waals surface area contributed by atoms with Gasteiger partial charge in [-0.25, -0.2) is 0 Å². The van der Waals surface area contributed by atoms with Crippen LogP contribution in [-0.4, -0.2) is 47.1 Å². The summed E-state index contributed by atoms with van der Waals surface area (Å²) >= 11 is 1.32. The topological polar surface area (TPSA) is 84.4 Å². The van der Waals surface area contributed by atoms with E-state index in [0.717, 1.165) is 34.7 Å². The van der Waals surface area contributed by atoms with Crippen LogP contribution in [0.4, 0.5) is 5.69 Å². The minimum absolute atomic E-state index is 0.0772. The molecule has 7 nitrogen and oxygen atoms in total. The smallest absolute Gasteiger partial charge is 0.286 e. The van der Waals surface area contributed by atoms with E-state index >= 15 is 0 Å². The molecule has 1 N–H and O–H groups in total. The molecule has 1 fully saturated rings. The maximum atomic E-state index is 12.8. The first-order valence-corrected chi connectivity index (χ1v) is 11.0. The van der Waals surface area contributed by atoms with Gasteiger partial charge in [0, 0.05) is 30.3 Å². The van der Waals surface area contributed by atoms with Crippen LogP contribution in [0, 0.1) is 6.92 Å². The Hall–Kier alpha value is -3.26. The molecule has 0 bridgehead atoms. The average Bonchev–Trinajstić information content (AvgIpc) is 3.30. The normalized spacial score (nSPS) is 14.3. The molecule has 4 rings (SSSR count). The van der Waals surface area contributed by atoms with Crippen molar-refractivity contribution in [1.82, 2.24) is 15.1 Å². The van der Waals surface area contributed by atoms with E-state index in [4.69, 9.17) is 4.74 Å². The molecule has 0 saturated carbocycles. The van der Waals surface area contributed by atoms with E-state index in [-0.39, 0.29) is 17.7 Å². The second kappa shape index (κ2) is 9.26. The Bertz CT molecular complexity index is 1070. The molecule has 0 radical (unpaired) electrons. The molecule has 2 aromatic carbocycles. The van der Waals surface area contributed by atoms with Crippen LogP contribution < -0.4 is 10.1 Å². The number of nitrogens with one attached hydrogen (secondary N) is 1. The number of amides is 2. The number of piperidine rings is 1. The molecule has 3 aromatic rings. The number of anilines is 1. The van der Waals surface area contributed by atoms with E-state index in [9.17, 15) is 9.59 Å². The van der Waals surface area contributed by atoms with Crippen LogP contribution in [0.2, 0.25) is 0 Å². The third-order valence-electron chi connectivity index (χ3n) is 5.49. The fraction of sp³-hybridized carbons (Fsp3) is 0.304. The molecular formula is C23H24N4O3S. The van der Waals surface area contributed by atoms with Crippen molar-refractivity contribution in [2.45, 2.75) is 25.7 Å². The Balaban J connectivity index is 1.35. The van der Waals surface area contributed by atoms with Gasteiger partial charge in [0.2, 0.25) is 5.01 Å². The standard InChI is InChI=1S/C23H24N4O3S/c1-15-5-3-4-6-19(15)23(29)27-13-11-16(12-14-27)21-25-26-22(31-21)20(28)24-17-7-9-18(30-2)10-8-17/h3-10,16H,11-14H2,1-2H3,(H,24,28). The minimum atomic E-state index is -0.277. The molecule has 1 saturated heterocycles.